The van der Waals surface area contributed by atoms with Crippen LogP contribution in [-0.4, -0.2) is 36.6 Å². The van der Waals surface area contributed by atoms with Crippen LogP contribution in [-0.2, 0) is 14.1 Å². The first-order valence-electron chi connectivity index (χ1n) is 8.54. The molecule has 2 rings (SSSR count). The minimum absolute atomic E-state index is 0.0199. The summed E-state index contributed by atoms with van der Waals surface area (Å²) < 4.78 is 26.7. The summed E-state index contributed by atoms with van der Waals surface area (Å²) in [7, 11) is -0.729. The molecule has 0 spiro atoms. The van der Waals surface area contributed by atoms with E-state index in [2.05, 4.69) is 5.32 Å². The average molecular weight is 361 g/mol. The molecule has 0 saturated carbocycles. The molecular formula is C19H25BFNO4. The smallest absolute Gasteiger partial charge is 0.400 e. The summed E-state index contributed by atoms with van der Waals surface area (Å²) in [6.07, 6.45) is 1.57. The molecule has 0 aromatic heterocycles. The van der Waals surface area contributed by atoms with Gasteiger partial charge >= 0.3 is 7.12 Å². The Morgan fingerprint density at radius 2 is 1.73 bits per heavy atom. The fourth-order valence-electron chi connectivity index (χ4n) is 2.56. The van der Waals surface area contributed by atoms with Gasteiger partial charge in [-0.05, 0) is 46.2 Å². The third kappa shape index (κ3) is 4.22. The van der Waals surface area contributed by atoms with E-state index in [1.807, 2.05) is 27.7 Å². The second-order valence-corrected chi connectivity index (χ2v) is 7.48. The molecule has 0 aliphatic carbocycles. The first-order valence-corrected chi connectivity index (χ1v) is 8.54. The molecule has 0 bridgehead atoms. The number of halogens is 1. The van der Waals surface area contributed by atoms with Crippen LogP contribution in [0.25, 0.3) is 6.08 Å². The van der Waals surface area contributed by atoms with Crippen LogP contribution in [0.4, 0.5) is 4.39 Å². The van der Waals surface area contributed by atoms with Crippen molar-refractivity contribution in [1.29, 1.82) is 0 Å². The van der Waals surface area contributed by atoms with Gasteiger partial charge in [0.25, 0.3) is 0 Å². The highest BCUT2D eigenvalue weighted by atomic mass is 19.1. The molecule has 0 atom stereocenters. The zero-order chi connectivity index (χ0) is 19.7. The normalized spacial score (nSPS) is 18.7. The Hall–Kier alpha value is -1.99. The molecule has 1 aromatic rings. The summed E-state index contributed by atoms with van der Waals surface area (Å²) in [5.41, 5.74) is -0.294. The third-order valence-corrected chi connectivity index (χ3v) is 4.85. The molecule has 5 nitrogen and oxygen atoms in total. The molecule has 7 heteroatoms. The van der Waals surface area contributed by atoms with Crippen LogP contribution in [0.5, 0.6) is 0 Å². The van der Waals surface area contributed by atoms with Gasteiger partial charge in [-0.2, -0.15) is 0 Å². The topological polar surface area (TPSA) is 64.6 Å². The lowest BCUT2D eigenvalue weighted by atomic mass is 9.76. The first kappa shape index (κ1) is 20.3. The SMILES string of the molecule is CC(=O)NCC(=Cc1cccc(C(C)=O)c1F)B1OC(C)(C)C(C)(C)O1. The average Bonchev–Trinajstić information content (AvgIpc) is 2.72. The van der Waals surface area contributed by atoms with E-state index in [0.29, 0.717) is 5.47 Å². The molecule has 26 heavy (non-hydrogen) atoms. The molecule has 0 radical (unpaired) electrons. The number of amides is 1. The van der Waals surface area contributed by atoms with Gasteiger partial charge in [0.05, 0.1) is 16.8 Å². The summed E-state index contributed by atoms with van der Waals surface area (Å²) in [5.74, 6) is -1.17. The van der Waals surface area contributed by atoms with Gasteiger partial charge in [-0.1, -0.05) is 18.2 Å². The Bertz CT molecular complexity index is 742. The summed E-state index contributed by atoms with van der Waals surface area (Å²) in [6.45, 7) is 10.5. The number of nitrogens with one attached hydrogen (secondary N) is 1. The molecule has 140 valence electrons. The van der Waals surface area contributed by atoms with Crippen LogP contribution < -0.4 is 5.32 Å². The van der Waals surface area contributed by atoms with Crippen molar-refractivity contribution in [3.8, 4) is 0 Å². The molecule has 1 saturated heterocycles. The van der Waals surface area contributed by atoms with Gasteiger partial charge in [-0.3, -0.25) is 9.59 Å². The number of Topliss-reactive ketones (excluding diaryl/α,β-unsaturated/α-hetero) is 1. The molecule has 1 amide bonds. The van der Waals surface area contributed by atoms with E-state index in [-0.39, 0.29) is 29.4 Å². The van der Waals surface area contributed by atoms with Crippen LogP contribution >= 0.6 is 0 Å². The highest BCUT2D eigenvalue weighted by Gasteiger charge is 2.52. The van der Waals surface area contributed by atoms with Crippen molar-refractivity contribution in [2.24, 2.45) is 0 Å². The zero-order valence-electron chi connectivity index (χ0n) is 16.1. The van der Waals surface area contributed by atoms with E-state index in [0.717, 1.165) is 0 Å². The van der Waals surface area contributed by atoms with Crippen molar-refractivity contribution in [2.75, 3.05) is 6.54 Å². The molecular weight excluding hydrogens is 336 g/mol. The highest BCUT2D eigenvalue weighted by Crippen LogP contribution is 2.38. The van der Waals surface area contributed by atoms with Crippen LogP contribution in [0.1, 0.15) is 57.5 Å². The maximum Gasteiger partial charge on any atom is 0.492 e. The minimum atomic E-state index is -0.729. The lowest BCUT2D eigenvalue weighted by Gasteiger charge is -2.32. The Morgan fingerprint density at radius 3 is 2.23 bits per heavy atom. The van der Waals surface area contributed by atoms with Crippen molar-refractivity contribution in [3.63, 3.8) is 0 Å². The summed E-state index contributed by atoms with van der Waals surface area (Å²) in [5, 5.41) is 2.70. The maximum absolute atomic E-state index is 14.6. The number of carbonyl (C=O) groups excluding carboxylic acids is 2. The third-order valence-electron chi connectivity index (χ3n) is 4.85. The predicted molar refractivity (Wildman–Crippen MR) is 99.1 cm³/mol. The van der Waals surface area contributed by atoms with E-state index in [4.69, 9.17) is 9.31 Å². The van der Waals surface area contributed by atoms with Gasteiger partial charge in [0.2, 0.25) is 5.91 Å². The minimum Gasteiger partial charge on any atom is -0.400 e. The van der Waals surface area contributed by atoms with Gasteiger partial charge < -0.3 is 14.6 Å². The van der Waals surface area contributed by atoms with E-state index < -0.39 is 24.1 Å². The number of benzene rings is 1. The van der Waals surface area contributed by atoms with Gasteiger partial charge in [-0.25, -0.2) is 4.39 Å². The predicted octanol–water partition coefficient (Wildman–Crippen LogP) is 3.18. The number of carbonyl (C=O) groups is 2. The van der Waals surface area contributed by atoms with E-state index in [1.165, 1.54) is 19.9 Å². The van der Waals surface area contributed by atoms with Crippen molar-refractivity contribution in [1.82, 2.24) is 5.32 Å². The van der Waals surface area contributed by atoms with Gasteiger partial charge in [0.1, 0.15) is 5.82 Å². The Labute approximate surface area is 154 Å². The van der Waals surface area contributed by atoms with Crippen LogP contribution in [0, 0.1) is 5.82 Å². The number of hydrogen-bond donors (Lipinski definition) is 1. The van der Waals surface area contributed by atoms with Gasteiger partial charge in [0, 0.05) is 19.0 Å². The highest BCUT2D eigenvalue weighted by molar-refractivity contribution is 6.56. The van der Waals surface area contributed by atoms with Crippen LogP contribution in [0.2, 0.25) is 0 Å². The fourth-order valence-corrected chi connectivity index (χ4v) is 2.56. The molecule has 1 N–H and O–H groups in total. The molecule has 1 aliphatic heterocycles. The Kier molecular flexibility index (Phi) is 5.73. The standard InChI is InChI=1S/C19H25BFNO4/c1-12(23)16-9-7-8-14(17(16)21)10-15(11-22-13(2)24)20-25-18(3,4)19(5,6)26-20/h7-10H,11H2,1-6H3,(H,22,24). The van der Waals surface area contributed by atoms with E-state index >= 15 is 0 Å². The number of rotatable bonds is 5. The molecule has 1 aliphatic rings. The van der Waals surface area contributed by atoms with E-state index in [9.17, 15) is 14.0 Å². The zero-order valence-corrected chi connectivity index (χ0v) is 16.1. The van der Waals surface area contributed by atoms with Gasteiger partial charge in [-0.15, -0.1) is 0 Å². The maximum atomic E-state index is 14.6. The lowest BCUT2D eigenvalue weighted by Crippen LogP contribution is -2.41. The summed E-state index contributed by atoms with van der Waals surface area (Å²) >= 11 is 0. The Morgan fingerprint density at radius 1 is 1.15 bits per heavy atom. The quantitative estimate of drug-likeness (QED) is 0.646. The van der Waals surface area contributed by atoms with Gasteiger partial charge in [0.15, 0.2) is 5.78 Å². The molecule has 1 aromatic carbocycles. The molecule has 1 fully saturated rings. The largest absolute Gasteiger partial charge is 0.492 e. The van der Waals surface area contributed by atoms with Crippen molar-refractivity contribution in [3.05, 3.63) is 40.6 Å². The number of ketones is 1. The lowest BCUT2D eigenvalue weighted by molar-refractivity contribution is -0.118. The molecule has 0 unspecified atom stereocenters. The van der Waals surface area contributed by atoms with Crippen LogP contribution in [0.3, 0.4) is 0 Å². The monoisotopic (exact) mass is 361 g/mol. The first-order chi connectivity index (χ1) is 11.9. The van der Waals surface area contributed by atoms with Crippen molar-refractivity contribution < 1.29 is 23.3 Å². The van der Waals surface area contributed by atoms with Crippen molar-refractivity contribution >= 4 is 24.9 Å². The summed E-state index contributed by atoms with van der Waals surface area (Å²) in [6, 6.07) is 4.63. The number of hydrogen-bond acceptors (Lipinski definition) is 4. The second kappa shape index (κ2) is 7.33. The van der Waals surface area contributed by atoms with Crippen LogP contribution in [0.15, 0.2) is 23.7 Å². The summed E-state index contributed by atoms with van der Waals surface area (Å²) in [4.78, 5) is 22.9. The van der Waals surface area contributed by atoms with Crippen molar-refractivity contribution in [2.45, 2.75) is 52.7 Å². The Balaban J connectivity index is 2.43. The molecule has 1 heterocycles. The fraction of sp³-hybridized carbons (Fsp3) is 0.474. The second-order valence-electron chi connectivity index (χ2n) is 7.48. The van der Waals surface area contributed by atoms with E-state index in [1.54, 1.807) is 18.2 Å².